The Morgan fingerprint density at radius 3 is 2.31 bits per heavy atom. The van der Waals surface area contributed by atoms with E-state index in [0.29, 0.717) is 18.1 Å². The molecule has 1 saturated carbocycles. The van der Waals surface area contributed by atoms with Gasteiger partial charge in [0.05, 0.1) is 23.3 Å². The number of rotatable bonds is 11. The van der Waals surface area contributed by atoms with Gasteiger partial charge in [-0.15, -0.1) is 0 Å². The quantitative estimate of drug-likeness (QED) is 0.287. The first-order valence-corrected chi connectivity index (χ1v) is 15.9. The van der Waals surface area contributed by atoms with E-state index in [9.17, 15) is 4.39 Å². The van der Waals surface area contributed by atoms with Crippen molar-refractivity contribution in [2.75, 3.05) is 25.0 Å². The molecular formula is C36H52FN5. The lowest BCUT2D eigenvalue weighted by Gasteiger charge is -2.41. The molecule has 6 heteroatoms. The van der Waals surface area contributed by atoms with Gasteiger partial charge in [-0.3, -0.25) is 14.8 Å². The number of piperidine rings is 1. The maximum absolute atomic E-state index is 14.0. The van der Waals surface area contributed by atoms with Crippen LogP contribution in [0.25, 0.3) is 0 Å². The van der Waals surface area contributed by atoms with Crippen LogP contribution in [0.1, 0.15) is 81.7 Å². The summed E-state index contributed by atoms with van der Waals surface area (Å²) in [5.41, 5.74) is 9.26. The zero-order valence-corrected chi connectivity index (χ0v) is 26.8. The van der Waals surface area contributed by atoms with Gasteiger partial charge in [-0.25, -0.2) is 4.39 Å². The predicted octanol–water partition coefficient (Wildman–Crippen LogP) is 7.81. The Labute approximate surface area is 254 Å². The first-order chi connectivity index (χ1) is 20.1. The molecule has 1 unspecified atom stereocenters. The molecule has 0 radical (unpaired) electrons. The molecule has 1 atom stereocenters. The van der Waals surface area contributed by atoms with E-state index >= 15 is 0 Å². The number of allylic oxidation sites excluding steroid dienone is 2. The van der Waals surface area contributed by atoms with Gasteiger partial charge in [-0.05, 0) is 109 Å². The number of aryl methyl sites for hydroxylation is 3. The number of nitrogens with one attached hydrogen (secondary N) is 2. The fourth-order valence-electron chi connectivity index (χ4n) is 5.81. The second kappa shape index (κ2) is 14.5. The van der Waals surface area contributed by atoms with E-state index in [0.717, 1.165) is 64.7 Å². The molecule has 0 spiro atoms. The van der Waals surface area contributed by atoms with Gasteiger partial charge in [0.15, 0.2) is 0 Å². The van der Waals surface area contributed by atoms with Gasteiger partial charge in [0.2, 0.25) is 0 Å². The van der Waals surface area contributed by atoms with Crippen LogP contribution in [0.15, 0.2) is 66.2 Å². The van der Waals surface area contributed by atoms with Crippen LogP contribution in [0.4, 0.5) is 10.1 Å². The molecule has 0 amide bonds. The Hall–Kier alpha value is -2.96. The van der Waals surface area contributed by atoms with E-state index in [-0.39, 0.29) is 5.82 Å². The molecule has 1 saturated heterocycles. The number of halogens is 1. The van der Waals surface area contributed by atoms with E-state index in [4.69, 9.17) is 0 Å². The third-order valence-electron chi connectivity index (χ3n) is 9.02. The maximum Gasteiger partial charge on any atom is 0.127 e. The van der Waals surface area contributed by atoms with Crippen molar-refractivity contribution in [1.82, 2.24) is 20.1 Å². The summed E-state index contributed by atoms with van der Waals surface area (Å²) in [5, 5.41) is 6.91. The average molecular weight is 574 g/mol. The summed E-state index contributed by atoms with van der Waals surface area (Å²) in [6, 6.07) is 9.70. The molecular weight excluding hydrogens is 521 g/mol. The van der Waals surface area contributed by atoms with E-state index in [1.54, 1.807) is 6.07 Å². The van der Waals surface area contributed by atoms with Crippen molar-refractivity contribution in [2.24, 2.45) is 0 Å². The standard InChI is InChI=1S/C20H33FN2.C16H19N3/c1-5-11-23(17(4)6-2)19-9-12-22(13-10-19)15-18-8-7-16(3)14-20(18)21;1-9-7-14(8-17-12(9)4)19-16-11(3)10(2)15(16)18-13-5-6-13/h7-8,14,17,19H,5-6,9-13,15H2,1-4H3;7-8,13,18-19H,2-3,5-6H2,1,4H3. The molecule has 1 aromatic heterocycles. The maximum atomic E-state index is 14.0. The van der Waals surface area contributed by atoms with Gasteiger partial charge >= 0.3 is 0 Å². The molecule has 2 aromatic rings. The first kappa shape index (κ1) is 32.0. The molecule has 2 aliphatic carbocycles. The Morgan fingerprint density at radius 1 is 1.02 bits per heavy atom. The minimum atomic E-state index is -0.0562. The van der Waals surface area contributed by atoms with E-state index in [2.05, 4.69) is 72.3 Å². The molecule has 5 rings (SSSR count). The number of aromatic nitrogens is 1. The number of hydrogen-bond donors (Lipinski definition) is 2. The minimum absolute atomic E-state index is 0.0562. The molecule has 5 nitrogen and oxygen atoms in total. The number of pyridine rings is 1. The summed E-state index contributed by atoms with van der Waals surface area (Å²) < 4.78 is 14.0. The second-order valence-corrected chi connectivity index (χ2v) is 12.5. The molecule has 1 aromatic carbocycles. The Morgan fingerprint density at radius 2 is 1.71 bits per heavy atom. The fraction of sp³-hybridized carbons (Fsp3) is 0.528. The van der Waals surface area contributed by atoms with Crippen LogP contribution < -0.4 is 10.6 Å². The molecule has 1 aliphatic heterocycles. The van der Waals surface area contributed by atoms with Crippen molar-refractivity contribution >= 4 is 5.69 Å². The number of benzene rings is 1. The zero-order chi connectivity index (χ0) is 30.4. The first-order valence-electron chi connectivity index (χ1n) is 15.9. The molecule has 3 aliphatic rings. The smallest absolute Gasteiger partial charge is 0.127 e. The normalized spacial score (nSPS) is 18.5. The third-order valence-corrected chi connectivity index (χ3v) is 9.02. The van der Waals surface area contributed by atoms with Crippen LogP contribution in [-0.4, -0.2) is 52.5 Å². The van der Waals surface area contributed by atoms with Gasteiger partial charge < -0.3 is 10.6 Å². The summed E-state index contributed by atoms with van der Waals surface area (Å²) in [6.45, 7) is 25.1. The summed E-state index contributed by atoms with van der Waals surface area (Å²) >= 11 is 0. The van der Waals surface area contributed by atoms with Gasteiger partial charge in [0.1, 0.15) is 5.82 Å². The van der Waals surface area contributed by atoms with Crippen molar-refractivity contribution < 1.29 is 4.39 Å². The molecule has 228 valence electrons. The summed E-state index contributed by atoms with van der Waals surface area (Å²) in [5.74, 6) is -0.0562. The molecule has 2 fully saturated rings. The van der Waals surface area contributed by atoms with Crippen LogP contribution in [0.2, 0.25) is 0 Å². The minimum Gasteiger partial charge on any atom is -0.380 e. The summed E-state index contributed by atoms with van der Waals surface area (Å²) in [6.07, 6.45) is 9.21. The van der Waals surface area contributed by atoms with Crippen molar-refractivity contribution in [3.63, 3.8) is 0 Å². The third kappa shape index (κ3) is 8.11. The van der Waals surface area contributed by atoms with Crippen molar-refractivity contribution in [2.45, 2.75) is 105 Å². The van der Waals surface area contributed by atoms with Crippen LogP contribution in [0, 0.1) is 26.6 Å². The lowest BCUT2D eigenvalue weighted by atomic mass is 9.89. The van der Waals surface area contributed by atoms with Crippen LogP contribution >= 0.6 is 0 Å². The largest absolute Gasteiger partial charge is 0.380 e. The molecule has 2 heterocycles. The predicted molar refractivity (Wildman–Crippen MR) is 175 cm³/mol. The Bertz CT molecular complexity index is 1290. The highest BCUT2D eigenvalue weighted by molar-refractivity contribution is 5.72. The van der Waals surface area contributed by atoms with Crippen molar-refractivity contribution in [3.8, 4) is 0 Å². The highest BCUT2D eigenvalue weighted by Crippen LogP contribution is 2.38. The van der Waals surface area contributed by atoms with Gasteiger partial charge in [-0.1, -0.05) is 39.1 Å². The lowest BCUT2D eigenvalue weighted by molar-refractivity contribution is 0.0744. The van der Waals surface area contributed by atoms with E-state index < -0.39 is 0 Å². The van der Waals surface area contributed by atoms with Crippen LogP contribution in [-0.2, 0) is 6.54 Å². The van der Waals surface area contributed by atoms with Gasteiger partial charge in [-0.2, -0.15) is 0 Å². The molecule has 2 N–H and O–H groups in total. The lowest BCUT2D eigenvalue weighted by Crippen LogP contribution is -2.48. The highest BCUT2D eigenvalue weighted by atomic mass is 19.1. The van der Waals surface area contributed by atoms with Crippen molar-refractivity contribution in [3.05, 3.63) is 94.4 Å². The van der Waals surface area contributed by atoms with Crippen LogP contribution in [0.5, 0.6) is 0 Å². The van der Waals surface area contributed by atoms with Gasteiger partial charge in [0, 0.05) is 47.1 Å². The second-order valence-electron chi connectivity index (χ2n) is 12.5. The summed E-state index contributed by atoms with van der Waals surface area (Å²) in [4.78, 5) is 9.48. The Balaban J connectivity index is 0.000000196. The monoisotopic (exact) mass is 573 g/mol. The number of hydrogen-bond acceptors (Lipinski definition) is 5. The zero-order valence-electron chi connectivity index (χ0n) is 26.8. The van der Waals surface area contributed by atoms with Gasteiger partial charge in [0.25, 0.3) is 0 Å². The van der Waals surface area contributed by atoms with Crippen molar-refractivity contribution in [1.29, 1.82) is 0 Å². The van der Waals surface area contributed by atoms with E-state index in [1.165, 1.54) is 50.6 Å². The molecule has 0 bridgehead atoms. The Kier molecular flexibility index (Phi) is 11.0. The van der Waals surface area contributed by atoms with Crippen LogP contribution in [0.3, 0.4) is 0 Å². The molecule has 42 heavy (non-hydrogen) atoms. The number of anilines is 1. The average Bonchev–Trinajstić information content (AvgIpc) is 3.81. The highest BCUT2D eigenvalue weighted by Gasteiger charge is 2.32. The number of likely N-dealkylation sites (tertiary alicyclic amines) is 1. The van der Waals surface area contributed by atoms with E-state index in [1.807, 2.05) is 32.2 Å². The fourth-order valence-corrected chi connectivity index (χ4v) is 5.81. The topological polar surface area (TPSA) is 43.4 Å². The number of nitrogens with zero attached hydrogens (tertiary/aromatic N) is 3. The summed E-state index contributed by atoms with van der Waals surface area (Å²) in [7, 11) is 0. The SMILES string of the molecule is C=C1C(=C)C(NC2CC2)=C1Nc1cnc(C)c(C)c1.CCCN(C(C)CC)C1CCN(Cc2ccc(C)cc2F)CC1.